The molecule has 0 radical (unpaired) electrons. The number of nitrogens with zero attached hydrogens (tertiary/aromatic N) is 1. The average Bonchev–Trinajstić information content (AvgIpc) is 2.76. The number of hydrogen-bond donors (Lipinski definition) is 2. The normalized spacial score (nSPS) is 32.5. The highest BCUT2D eigenvalue weighted by molar-refractivity contribution is 8.01. The molecular weight excluding hydrogens is 250 g/mol. The van der Waals surface area contributed by atoms with E-state index >= 15 is 0 Å². The maximum atomic E-state index is 12.1. The minimum absolute atomic E-state index is 0.0397. The number of fused-ring (bicyclic) bond motifs is 1. The van der Waals surface area contributed by atoms with Gasteiger partial charge in [-0.3, -0.25) is 9.59 Å². The minimum Gasteiger partial charge on any atom is -0.354 e. The average molecular weight is 271 g/mol. The Labute approximate surface area is 112 Å². The molecule has 2 saturated heterocycles. The van der Waals surface area contributed by atoms with E-state index in [2.05, 4.69) is 12.2 Å². The lowest BCUT2D eigenvalue weighted by molar-refractivity contribution is -0.137. The van der Waals surface area contributed by atoms with Crippen molar-refractivity contribution in [2.45, 2.75) is 50.1 Å². The molecule has 0 aromatic rings. The molecule has 2 aliphatic heterocycles. The molecule has 2 fully saturated rings. The molecule has 0 saturated carbocycles. The molecule has 0 aliphatic carbocycles. The summed E-state index contributed by atoms with van der Waals surface area (Å²) in [6.07, 6.45) is 2.17. The van der Waals surface area contributed by atoms with Crippen molar-refractivity contribution < 1.29 is 9.59 Å². The molecule has 2 amide bonds. The number of nitrogens with one attached hydrogen (secondary N) is 1. The maximum Gasteiger partial charge on any atom is 0.243 e. The van der Waals surface area contributed by atoms with Crippen LogP contribution in [0.3, 0.4) is 0 Å². The molecule has 3 N–H and O–H groups in total. The van der Waals surface area contributed by atoms with Crippen molar-refractivity contribution >= 4 is 23.6 Å². The van der Waals surface area contributed by atoms with Crippen LogP contribution in [0.2, 0.25) is 0 Å². The van der Waals surface area contributed by atoms with E-state index in [4.69, 9.17) is 5.73 Å². The standard InChI is InChI=1S/C12H21N3O2S/c1-8(13)4-6-14-11(17)9-7-18-12(2)5-3-10(16)15(9)12/h8-9H,3-7,13H2,1-2H3,(H,14,17). The van der Waals surface area contributed by atoms with Crippen molar-refractivity contribution in [1.82, 2.24) is 10.2 Å². The summed E-state index contributed by atoms with van der Waals surface area (Å²) in [5.74, 6) is 0.767. The second-order valence-corrected chi connectivity index (χ2v) is 6.82. The van der Waals surface area contributed by atoms with Gasteiger partial charge >= 0.3 is 0 Å². The molecule has 3 unspecified atom stereocenters. The Kier molecular flexibility index (Phi) is 3.87. The molecule has 0 aromatic heterocycles. The van der Waals surface area contributed by atoms with Crippen molar-refractivity contribution in [3.05, 3.63) is 0 Å². The molecule has 6 heteroatoms. The lowest BCUT2D eigenvalue weighted by atomic mass is 10.2. The molecular formula is C12H21N3O2S. The van der Waals surface area contributed by atoms with Crippen molar-refractivity contribution in [3.63, 3.8) is 0 Å². The molecule has 0 bridgehead atoms. The first kappa shape index (κ1) is 13.7. The van der Waals surface area contributed by atoms with Gasteiger partial charge in [-0.15, -0.1) is 11.8 Å². The highest BCUT2D eigenvalue weighted by Crippen LogP contribution is 2.47. The Morgan fingerprint density at radius 2 is 2.44 bits per heavy atom. The van der Waals surface area contributed by atoms with Gasteiger partial charge in [0.2, 0.25) is 11.8 Å². The van der Waals surface area contributed by atoms with E-state index in [1.54, 1.807) is 16.7 Å². The third-order valence-corrected chi connectivity index (χ3v) is 5.15. The summed E-state index contributed by atoms with van der Waals surface area (Å²) in [4.78, 5) is 25.6. The van der Waals surface area contributed by atoms with Crippen LogP contribution in [-0.2, 0) is 9.59 Å². The minimum atomic E-state index is -0.303. The van der Waals surface area contributed by atoms with Crippen LogP contribution in [0.5, 0.6) is 0 Å². The van der Waals surface area contributed by atoms with Gasteiger partial charge in [0.25, 0.3) is 0 Å². The van der Waals surface area contributed by atoms with Crippen LogP contribution in [0.15, 0.2) is 0 Å². The van der Waals surface area contributed by atoms with E-state index in [1.807, 2.05) is 6.92 Å². The molecule has 102 valence electrons. The van der Waals surface area contributed by atoms with E-state index < -0.39 is 0 Å². The highest BCUT2D eigenvalue weighted by Gasteiger charge is 2.52. The lowest BCUT2D eigenvalue weighted by Gasteiger charge is -2.29. The second-order valence-electron chi connectivity index (χ2n) is 5.32. The van der Waals surface area contributed by atoms with E-state index in [0.29, 0.717) is 18.7 Å². The lowest BCUT2D eigenvalue weighted by Crippen LogP contribution is -2.50. The number of rotatable bonds is 4. The molecule has 2 heterocycles. The fourth-order valence-electron chi connectivity index (χ4n) is 2.56. The van der Waals surface area contributed by atoms with Crippen molar-refractivity contribution in [1.29, 1.82) is 0 Å². The van der Waals surface area contributed by atoms with Gasteiger partial charge in [0.1, 0.15) is 6.04 Å². The number of amides is 2. The maximum absolute atomic E-state index is 12.1. The first-order valence-corrected chi connectivity index (χ1v) is 7.42. The topological polar surface area (TPSA) is 75.4 Å². The number of nitrogens with two attached hydrogens (primary N) is 1. The zero-order chi connectivity index (χ0) is 13.3. The Hall–Kier alpha value is -0.750. The fourth-order valence-corrected chi connectivity index (χ4v) is 3.99. The van der Waals surface area contributed by atoms with E-state index in [-0.39, 0.29) is 28.8 Å². The SMILES string of the molecule is CC(N)CCNC(=O)C1CSC2(C)CCC(=O)N12. The summed E-state index contributed by atoms with van der Waals surface area (Å²) >= 11 is 1.71. The molecule has 18 heavy (non-hydrogen) atoms. The van der Waals surface area contributed by atoms with Crippen LogP contribution in [0.25, 0.3) is 0 Å². The first-order chi connectivity index (χ1) is 8.44. The Bertz CT molecular complexity index is 361. The van der Waals surface area contributed by atoms with Gasteiger partial charge in [0.05, 0.1) is 4.87 Å². The van der Waals surface area contributed by atoms with Gasteiger partial charge in [0, 0.05) is 24.8 Å². The summed E-state index contributed by atoms with van der Waals surface area (Å²) in [6.45, 7) is 4.55. The van der Waals surface area contributed by atoms with Crippen molar-refractivity contribution in [2.75, 3.05) is 12.3 Å². The summed E-state index contributed by atoms with van der Waals surface area (Å²) in [6, 6.07) is -0.218. The smallest absolute Gasteiger partial charge is 0.243 e. The zero-order valence-corrected chi connectivity index (χ0v) is 11.8. The van der Waals surface area contributed by atoms with Gasteiger partial charge in [-0.1, -0.05) is 0 Å². The highest BCUT2D eigenvalue weighted by atomic mass is 32.2. The number of hydrogen-bond acceptors (Lipinski definition) is 4. The van der Waals surface area contributed by atoms with Crippen molar-refractivity contribution in [2.24, 2.45) is 5.73 Å². The van der Waals surface area contributed by atoms with Crippen molar-refractivity contribution in [3.8, 4) is 0 Å². The second kappa shape index (κ2) is 5.09. The van der Waals surface area contributed by atoms with Crippen LogP contribution in [-0.4, -0.2) is 46.0 Å². The first-order valence-electron chi connectivity index (χ1n) is 6.43. The third-order valence-electron chi connectivity index (χ3n) is 3.65. The van der Waals surface area contributed by atoms with E-state index in [0.717, 1.165) is 12.8 Å². The third kappa shape index (κ3) is 2.49. The predicted molar refractivity (Wildman–Crippen MR) is 72.0 cm³/mol. The molecule has 0 spiro atoms. The molecule has 0 aromatic carbocycles. The summed E-state index contributed by atoms with van der Waals surface area (Å²) in [5, 5.41) is 2.88. The number of carbonyl (C=O) groups is 2. The van der Waals surface area contributed by atoms with Crippen LogP contribution in [0, 0.1) is 0 Å². The van der Waals surface area contributed by atoms with Gasteiger partial charge in [0.15, 0.2) is 0 Å². The quantitative estimate of drug-likeness (QED) is 0.771. The van der Waals surface area contributed by atoms with Gasteiger partial charge in [-0.25, -0.2) is 0 Å². The van der Waals surface area contributed by atoms with Gasteiger partial charge < -0.3 is 16.0 Å². The van der Waals surface area contributed by atoms with Crippen LogP contribution < -0.4 is 11.1 Å². The van der Waals surface area contributed by atoms with E-state index in [1.165, 1.54) is 0 Å². The predicted octanol–water partition coefficient (Wildman–Crippen LogP) is 0.294. The number of thioether (sulfide) groups is 1. The largest absolute Gasteiger partial charge is 0.354 e. The fraction of sp³-hybridized carbons (Fsp3) is 0.833. The van der Waals surface area contributed by atoms with Crippen LogP contribution in [0.1, 0.15) is 33.1 Å². The summed E-state index contributed by atoms with van der Waals surface area (Å²) in [5.41, 5.74) is 5.64. The summed E-state index contributed by atoms with van der Waals surface area (Å²) in [7, 11) is 0. The molecule has 2 aliphatic rings. The summed E-state index contributed by atoms with van der Waals surface area (Å²) < 4.78 is 0. The van der Waals surface area contributed by atoms with Crippen LogP contribution in [0.4, 0.5) is 0 Å². The molecule has 3 atom stereocenters. The Morgan fingerprint density at radius 3 is 3.11 bits per heavy atom. The van der Waals surface area contributed by atoms with Gasteiger partial charge in [-0.2, -0.15) is 0 Å². The Balaban J connectivity index is 1.93. The number of carbonyl (C=O) groups excluding carboxylic acids is 2. The molecule has 2 rings (SSSR count). The monoisotopic (exact) mass is 271 g/mol. The van der Waals surface area contributed by atoms with Crippen LogP contribution >= 0.6 is 11.8 Å². The molecule has 5 nitrogen and oxygen atoms in total. The van der Waals surface area contributed by atoms with Gasteiger partial charge in [-0.05, 0) is 26.7 Å². The zero-order valence-electron chi connectivity index (χ0n) is 10.9. The van der Waals surface area contributed by atoms with E-state index in [9.17, 15) is 9.59 Å². The Morgan fingerprint density at radius 1 is 1.72 bits per heavy atom.